The van der Waals surface area contributed by atoms with Crippen LogP contribution in [0.5, 0.6) is 0 Å². The van der Waals surface area contributed by atoms with Crippen molar-refractivity contribution >= 4 is 5.69 Å². The fourth-order valence-corrected chi connectivity index (χ4v) is 2.13. The van der Waals surface area contributed by atoms with E-state index >= 15 is 0 Å². The molecule has 0 amide bonds. The van der Waals surface area contributed by atoms with Crippen molar-refractivity contribution in [1.82, 2.24) is 20.2 Å². The van der Waals surface area contributed by atoms with Crippen LogP contribution in [-0.2, 0) is 0 Å². The third-order valence-electron chi connectivity index (χ3n) is 3.11. The smallest absolute Gasteiger partial charge is 0.187 e. The van der Waals surface area contributed by atoms with Gasteiger partial charge in [-0.2, -0.15) is 4.68 Å². The van der Waals surface area contributed by atoms with E-state index in [-0.39, 0.29) is 11.5 Å². The Kier molecular flexibility index (Phi) is 3.09. The number of halogens is 2. The summed E-state index contributed by atoms with van der Waals surface area (Å²) in [6.07, 6.45) is 0. The van der Waals surface area contributed by atoms with E-state index in [9.17, 15) is 8.78 Å². The van der Waals surface area contributed by atoms with E-state index in [0.717, 1.165) is 22.4 Å². The van der Waals surface area contributed by atoms with Crippen LogP contribution in [0.15, 0.2) is 36.4 Å². The molecule has 1 heterocycles. The van der Waals surface area contributed by atoms with Gasteiger partial charge in [-0.15, -0.1) is 5.10 Å². The number of nitrogen functional groups attached to an aromatic ring is 1. The Bertz CT molecular complexity index is 793. The molecule has 0 atom stereocenters. The number of hydrogen-bond acceptors (Lipinski definition) is 4. The molecule has 0 bridgehead atoms. The monoisotopic (exact) mass is 287 g/mol. The standard InChI is InChI=1S/C14H11F2N5/c1-8-7-9(17)5-6-10(8)14-18-19-20-21(14)13-11(15)3-2-4-12(13)16/h2-7H,17H2,1H3. The lowest BCUT2D eigenvalue weighted by atomic mass is 10.1. The Morgan fingerprint density at radius 3 is 2.48 bits per heavy atom. The van der Waals surface area contributed by atoms with Gasteiger partial charge in [0.1, 0.15) is 5.69 Å². The minimum absolute atomic E-state index is 0.247. The van der Waals surface area contributed by atoms with Crippen LogP contribution in [0, 0.1) is 18.6 Å². The highest BCUT2D eigenvalue weighted by Gasteiger charge is 2.19. The van der Waals surface area contributed by atoms with Gasteiger partial charge < -0.3 is 5.73 Å². The van der Waals surface area contributed by atoms with E-state index in [2.05, 4.69) is 15.5 Å². The molecule has 0 saturated carbocycles. The minimum atomic E-state index is -0.739. The maximum Gasteiger partial charge on any atom is 0.187 e. The molecule has 0 saturated heterocycles. The Balaban J connectivity index is 2.22. The van der Waals surface area contributed by atoms with Gasteiger partial charge in [0, 0.05) is 11.3 Å². The van der Waals surface area contributed by atoms with Crippen LogP contribution in [0.2, 0.25) is 0 Å². The van der Waals surface area contributed by atoms with Crippen LogP contribution in [0.1, 0.15) is 5.56 Å². The SMILES string of the molecule is Cc1cc(N)ccc1-c1nnnn1-c1c(F)cccc1F. The Morgan fingerprint density at radius 1 is 1.10 bits per heavy atom. The lowest BCUT2D eigenvalue weighted by Crippen LogP contribution is -2.06. The largest absolute Gasteiger partial charge is 0.399 e. The molecule has 1 aromatic heterocycles. The van der Waals surface area contributed by atoms with Crippen molar-refractivity contribution in [1.29, 1.82) is 0 Å². The van der Waals surface area contributed by atoms with E-state index < -0.39 is 11.6 Å². The molecule has 3 aromatic rings. The van der Waals surface area contributed by atoms with Crippen molar-refractivity contribution in [3.8, 4) is 17.1 Å². The van der Waals surface area contributed by atoms with Gasteiger partial charge in [0.15, 0.2) is 17.5 Å². The second-order valence-corrected chi connectivity index (χ2v) is 4.56. The number of aryl methyl sites for hydroxylation is 1. The van der Waals surface area contributed by atoms with Crippen molar-refractivity contribution < 1.29 is 8.78 Å². The number of benzene rings is 2. The van der Waals surface area contributed by atoms with Crippen LogP contribution < -0.4 is 5.73 Å². The molecule has 0 aliphatic heterocycles. The van der Waals surface area contributed by atoms with Crippen LogP contribution in [0.3, 0.4) is 0 Å². The predicted octanol–water partition coefficient (Wildman–Crippen LogP) is 2.50. The number of nitrogens with zero attached hydrogens (tertiary/aromatic N) is 4. The lowest BCUT2D eigenvalue weighted by molar-refractivity contribution is 0.557. The van der Waals surface area contributed by atoms with Crippen LogP contribution in [-0.4, -0.2) is 20.2 Å². The van der Waals surface area contributed by atoms with Crippen LogP contribution >= 0.6 is 0 Å². The second-order valence-electron chi connectivity index (χ2n) is 4.56. The predicted molar refractivity (Wildman–Crippen MR) is 73.7 cm³/mol. The zero-order chi connectivity index (χ0) is 15.0. The third-order valence-corrected chi connectivity index (χ3v) is 3.11. The van der Waals surface area contributed by atoms with Crippen molar-refractivity contribution in [2.75, 3.05) is 5.73 Å². The molecule has 5 nitrogen and oxygen atoms in total. The molecule has 106 valence electrons. The number of anilines is 1. The molecule has 2 N–H and O–H groups in total. The molecule has 0 spiro atoms. The number of rotatable bonds is 2. The summed E-state index contributed by atoms with van der Waals surface area (Å²) in [7, 11) is 0. The molecule has 0 aliphatic rings. The molecular weight excluding hydrogens is 276 g/mol. The Labute approximate surface area is 119 Å². The summed E-state index contributed by atoms with van der Waals surface area (Å²) in [4.78, 5) is 0. The lowest BCUT2D eigenvalue weighted by Gasteiger charge is -2.09. The number of nitrogens with two attached hydrogens (primary N) is 1. The van der Waals surface area contributed by atoms with Crippen LogP contribution in [0.4, 0.5) is 14.5 Å². The molecular formula is C14H11F2N5. The summed E-state index contributed by atoms with van der Waals surface area (Å²) < 4.78 is 28.8. The molecule has 7 heteroatoms. The number of aromatic nitrogens is 4. The zero-order valence-electron chi connectivity index (χ0n) is 11.1. The third kappa shape index (κ3) is 2.22. The number of tetrazole rings is 1. The zero-order valence-corrected chi connectivity index (χ0v) is 11.1. The molecule has 0 fully saturated rings. The highest BCUT2D eigenvalue weighted by molar-refractivity contribution is 5.65. The summed E-state index contributed by atoms with van der Waals surface area (Å²) >= 11 is 0. The molecule has 3 rings (SSSR count). The van der Waals surface area contributed by atoms with E-state index in [0.29, 0.717) is 11.3 Å². The average molecular weight is 287 g/mol. The van der Waals surface area contributed by atoms with Gasteiger partial charge in [-0.3, -0.25) is 0 Å². The molecule has 0 aliphatic carbocycles. The first kappa shape index (κ1) is 13.2. The van der Waals surface area contributed by atoms with Crippen molar-refractivity contribution in [3.05, 3.63) is 53.6 Å². The van der Waals surface area contributed by atoms with Gasteiger partial charge in [-0.25, -0.2) is 8.78 Å². The molecule has 21 heavy (non-hydrogen) atoms. The highest BCUT2D eigenvalue weighted by Crippen LogP contribution is 2.26. The molecule has 0 unspecified atom stereocenters. The fraction of sp³-hybridized carbons (Fsp3) is 0.0714. The quantitative estimate of drug-likeness (QED) is 0.735. The van der Waals surface area contributed by atoms with Gasteiger partial charge in [-0.05, 0) is 53.2 Å². The fourth-order valence-electron chi connectivity index (χ4n) is 2.13. The average Bonchev–Trinajstić information content (AvgIpc) is 2.87. The molecule has 2 aromatic carbocycles. The first-order valence-electron chi connectivity index (χ1n) is 6.17. The summed E-state index contributed by atoms with van der Waals surface area (Å²) in [5.74, 6) is -1.23. The summed E-state index contributed by atoms with van der Waals surface area (Å²) in [5.41, 5.74) is 7.44. The van der Waals surface area contributed by atoms with Gasteiger partial charge >= 0.3 is 0 Å². The van der Waals surface area contributed by atoms with Gasteiger partial charge in [0.05, 0.1) is 0 Å². The first-order chi connectivity index (χ1) is 10.1. The van der Waals surface area contributed by atoms with E-state index in [1.54, 1.807) is 18.2 Å². The van der Waals surface area contributed by atoms with Crippen molar-refractivity contribution in [3.63, 3.8) is 0 Å². The summed E-state index contributed by atoms with van der Waals surface area (Å²) in [5, 5.41) is 11.1. The van der Waals surface area contributed by atoms with E-state index in [4.69, 9.17) is 5.73 Å². The topological polar surface area (TPSA) is 69.6 Å². The van der Waals surface area contributed by atoms with Crippen molar-refractivity contribution in [2.45, 2.75) is 6.92 Å². The Hall–Kier alpha value is -2.83. The van der Waals surface area contributed by atoms with Gasteiger partial charge in [0.2, 0.25) is 0 Å². The van der Waals surface area contributed by atoms with E-state index in [1.165, 1.54) is 6.07 Å². The number of hydrogen-bond donors (Lipinski definition) is 1. The van der Waals surface area contributed by atoms with Crippen LogP contribution in [0.25, 0.3) is 17.1 Å². The van der Waals surface area contributed by atoms with Gasteiger partial charge in [-0.1, -0.05) is 6.07 Å². The maximum absolute atomic E-state index is 13.9. The van der Waals surface area contributed by atoms with Gasteiger partial charge in [0.25, 0.3) is 0 Å². The Morgan fingerprint density at radius 2 is 1.81 bits per heavy atom. The second kappa shape index (κ2) is 4.93. The first-order valence-corrected chi connectivity index (χ1v) is 6.17. The van der Waals surface area contributed by atoms with E-state index in [1.807, 2.05) is 6.92 Å². The highest BCUT2D eigenvalue weighted by atomic mass is 19.1. The normalized spacial score (nSPS) is 10.8. The minimum Gasteiger partial charge on any atom is -0.399 e. The molecule has 0 radical (unpaired) electrons. The number of para-hydroxylation sites is 1. The summed E-state index contributed by atoms with van der Waals surface area (Å²) in [6, 6.07) is 8.73. The van der Waals surface area contributed by atoms with Crippen molar-refractivity contribution in [2.24, 2.45) is 0 Å². The summed E-state index contributed by atoms with van der Waals surface area (Å²) in [6.45, 7) is 1.82. The maximum atomic E-state index is 13.9.